The highest BCUT2D eigenvalue weighted by Crippen LogP contribution is 2.50. The molecule has 1 atom stereocenters. The number of carboxylic acid groups (broad SMARTS) is 1. The summed E-state index contributed by atoms with van der Waals surface area (Å²) in [5.41, 5.74) is 6.30. The van der Waals surface area contributed by atoms with Crippen LogP contribution in [0.3, 0.4) is 0 Å². The first-order valence-corrected chi connectivity index (χ1v) is 15.6. The molecule has 3 aromatic carbocycles. The molecule has 6 rings (SSSR count). The van der Waals surface area contributed by atoms with E-state index in [9.17, 15) is 18.3 Å². The number of aryl methyl sites for hydroxylation is 1. The minimum atomic E-state index is -3.89. The van der Waals surface area contributed by atoms with Gasteiger partial charge in [-0.3, -0.25) is 4.31 Å². The maximum absolute atomic E-state index is 14.1. The second kappa shape index (κ2) is 10.1. The first kappa shape index (κ1) is 27.6. The van der Waals surface area contributed by atoms with Crippen LogP contribution >= 0.6 is 0 Å². The van der Waals surface area contributed by atoms with Crippen LogP contribution in [-0.4, -0.2) is 38.2 Å². The Labute approximate surface area is 241 Å². The molecule has 1 N–H and O–H groups in total. The summed E-state index contributed by atoms with van der Waals surface area (Å²) in [6, 6.07) is 15.2. The molecule has 0 aliphatic carbocycles. The number of hydrogen-bond donors (Lipinski definition) is 1. The molecule has 0 saturated carbocycles. The number of ether oxygens (including phenoxy) is 2. The number of fused-ring (bicyclic) bond motifs is 1. The van der Waals surface area contributed by atoms with E-state index in [-0.39, 0.29) is 6.54 Å². The molecule has 0 amide bonds. The lowest BCUT2D eigenvalue weighted by Gasteiger charge is -2.44. The molecule has 9 heteroatoms. The van der Waals surface area contributed by atoms with Crippen molar-refractivity contribution in [3.05, 3.63) is 76.3 Å². The van der Waals surface area contributed by atoms with Crippen molar-refractivity contribution in [2.24, 2.45) is 0 Å². The fraction of sp³-hybridized carbons (Fsp3) is 0.406. The van der Waals surface area contributed by atoms with Gasteiger partial charge < -0.3 is 14.6 Å². The van der Waals surface area contributed by atoms with Gasteiger partial charge in [-0.2, -0.15) is 8.42 Å². The third-order valence-corrected chi connectivity index (χ3v) is 9.91. The molecule has 1 unspecified atom stereocenters. The number of anilines is 2. The predicted octanol–water partition coefficient (Wildman–Crippen LogP) is 5.95. The molecule has 3 heterocycles. The van der Waals surface area contributed by atoms with Crippen LogP contribution in [0.15, 0.2) is 48.5 Å². The van der Waals surface area contributed by atoms with E-state index < -0.39 is 27.9 Å². The van der Waals surface area contributed by atoms with E-state index in [1.54, 1.807) is 12.1 Å². The largest absolute Gasteiger partial charge is 0.493 e. The SMILES string of the molecule is Cc1c2c3c(c(C(OC(C)(C)C)C(=O)O)c1-c1ccc4c(c1)CCCO4)CCCN3S(=O)(=O)N(c1ccccc1)C2. The average Bonchev–Trinajstić information content (AvgIpc) is 2.94. The van der Waals surface area contributed by atoms with E-state index in [1.807, 2.05) is 58.0 Å². The lowest BCUT2D eigenvalue weighted by atomic mass is 9.80. The van der Waals surface area contributed by atoms with Crippen molar-refractivity contribution in [3.63, 3.8) is 0 Å². The van der Waals surface area contributed by atoms with Crippen LogP contribution in [0.1, 0.15) is 67.5 Å². The molecule has 3 aliphatic rings. The van der Waals surface area contributed by atoms with E-state index >= 15 is 0 Å². The summed E-state index contributed by atoms with van der Waals surface area (Å²) in [6.45, 7) is 8.67. The summed E-state index contributed by atoms with van der Waals surface area (Å²) in [5, 5.41) is 10.6. The standard InChI is InChI=1S/C32H36N2O6S/c1-20-25-19-34(23-11-6-5-7-12-23)41(37,38)33-16-8-13-24(29(25)33)28(30(31(35)36)40-32(2,3)4)27(20)22-14-15-26-21(18-22)10-9-17-39-26/h5-7,11-12,14-15,18,30H,8-10,13,16-17,19H2,1-4H3,(H,35,36). The lowest BCUT2D eigenvalue weighted by Crippen LogP contribution is -2.50. The summed E-state index contributed by atoms with van der Waals surface area (Å²) in [4.78, 5) is 12.9. The molecule has 41 heavy (non-hydrogen) atoms. The molecule has 0 fully saturated rings. The fourth-order valence-electron chi connectivity index (χ4n) is 6.41. The number of para-hydroxylation sites is 1. The van der Waals surface area contributed by atoms with E-state index in [1.165, 1.54) is 8.61 Å². The third-order valence-electron chi connectivity index (χ3n) is 8.09. The van der Waals surface area contributed by atoms with E-state index in [2.05, 4.69) is 6.07 Å². The Kier molecular flexibility index (Phi) is 6.77. The molecular formula is C32H36N2O6S. The first-order valence-electron chi connectivity index (χ1n) is 14.2. The molecule has 3 aliphatic heterocycles. The van der Waals surface area contributed by atoms with Crippen LogP contribution in [0.5, 0.6) is 5.75 Å². The van der Waals surface area contributed by atoms with E-state index in [0.29, 0.717) is 42.9 Å². The highest BCUT2D eigenvalue weighted by atomic mass is 32.2. The Morgan fingerprint density at radius 1 is 1.02 bits per heavy atom. The fourth-order valence-corrected chi connectivity index (χ4v) is 8.14. The number of carbonyl (C=O) groups is 1. The van der Waals surface area contributed by atoms with Gasteiger partial charge in [-0.1, -0.05) is 24.3 Å². The van der Waals surface area contributed by atoms with Crippen LogP contribution < -0.4 is 13.3 Å². The monoisotopic (exact) mass is 576 g/mol. The second-order valence-electron chi connectivity index (χ2n) is 12.0. The Morgan fingerprint density at radius 3 is 2.49 bits per heavy atom. The summed E-state index contributed by atoms with van der Waals surface area (Å²) >= 11 is 0. The van der Waals surface area contributed by atoms with Crippen molar-refractivity contribution >= 4 is 27.6 Å². The van der Waals surface area contributed by atoms with Gasteiger partial charge in [-0.25, -0.2) is 9.10 Å². The topological polar surface area (TPSA) is 96.4 Å². The van der Waals surface area contributed by atoms with Crippen LogP contribution in [0, 0.1) is 6.92 Å². The molecule has 3 aromatic rings. The van der Waals surface area contributed by atoms with Gasteiger partial charge in [-0.05, 0) is 105 Å². The molecule has 0 aromatic heterocycles. The number of nitrogens with zero attached hydrogens (tertiary/aromatic N) is 2. The molecule has 0 spiro atoms. The third kappa shape index (κ3) is 4.75. The van der Waals surface area contributed by atoms with Gasteiger partial charge >= 0.3 is 16.2 Å². The maximum atomic E-state index is 14.1. The van der Waals surface area contributed by atoms with Crippen LogP contribution in [0.2, 0.25) is 0 Å². The normalized spacial score (nSPS) is 18.2. The number of benzene rings is 3. The number of rotatable bonds is 5. The minimum absolute atomic E-state index is 0.163. The van der Waals surface area contributed by atoms with Gasteiger partial charge in [0, 0.05) is 17.7 Å². The number of carboxylic acids is 1. The van der Waals surface area contributed by atoms with Gasteiger partial charge in [0.25, 0.3) is 0 Å². The quantitative estimate of drug-likeness (QED) is 0.404. The van der Waals surface area contributed by atoms with E-state index in [0.717, 1.165) is 52.0 Å². The summed E-state index contributed by atoms with van der Waals surface area (Å²) in [7, 11) is -3.89. The molecule has 0 radical (unpaired) electrons. The van der Waals surface area contributed by atoms with Crippen LogP contribution in [0.25, 0.3) is 11.1 Å². The van der Waals surface area contributed by atoms with Gasteiger partial charge in [0.05, 0.1) is 30.1 Å². The van der Waals surface area contributed by atoms with Crippen molar-refractivity contribution in [1.29, 1.82) is 0 Å². The van der Waals surface area contributed by atoms with Crippen molar-refractivity contribution in [2.75, 3.05) is 21.8 Å². The Balaban J connectivity index is 1.66. The average molecular weight is 577 g/mol. The zero-order valence-electron chi connectivity index (χ0n) is 23.9. The zero-order valence-corrected chi connectivity index (χ0v) is 24.8. The highest BCUT2D eigenvalue weighted by Gasteiger charge is 2.44. The molecule has 0 saturated heterocycles. The van der Waals surface area contributed by atoms with Crippen molar-refractivity contribution < 1.29 is 27.8 Å². The predicted molar refractivity (Wildman–Crippen MR) is 159 cm³/mol. The number of hydrogen-bond acceptors (Lipinski definition) is 5. The Bertz CT molecular complexity index is 1630. The van der Waals surface area contributed by atoms with Gasteiger partial charge in [-0.15, -0.1) is 0 Å². The number of aliphatic carboxylic acids is 1. The summed E-state index contributed by atoms with van der Waals surface area (Å²) in [6.07, 6.45) is 1.66. The van der Waals surface area contributed by atoms with E-state index in [4.69, 9.17) is 9.47 Å². The Morgan fingerprint density at radius 2 is 1.78 bits per heavy atom. The molecule has 8 nitrogen and oxygen atoms in total. The molecule has 0 bridgehead atoms. The smallest absolute Gasteiger partial charge is 0.337 e. The van der Waals surface area contributed by atoms with Gasteiger partial charge in [0.1, 0.15) is 5.75 Å². The lowest BCUT2D eigenvalue weighted by molar-refractivity contribution is -0.160. The Hall–Kier alpha value is -3.56. The minimum Gasteiger partial charge on any atom is -0.493 e. The van der Waals surface area contributed by atoms with Gasteiger partial charge in [0.15, 0.2) is 6.10 Å². The van der Waals surface area contributed by atoms with Gasteiger partial charge in [0.2, 0.25) is 0 Å². The maximum Gasteiger partial charge on any atom is 0.337 e. The summed E-state index contributed by atoms with van der Waals surface area (Å²) in [5.74, 6) is -0.244. The van der Waals surface area contributed by atoms with Crippen LogP contribution in [-0.2, 0) is 39.1 Å². The first-order chi connectivity index (χ1) is 19.5. The highest BCUT2D eigenvalue weighted by molar-refractivity contribution is 7.94. The van der Waals surface area contributed by atoms with Crippen molar-refractivity contribution in [2.45, 2.75) is 71.6 Å². The zero-order chi connectivity index (χ0) is 29.1. The second-order valence-corrected chi connectivity index (χ2v) is 13.7. The van der Waals surface area contributed by atoms with Crippen molar-refractivity contribution in [1.82, 2.24) is 0 Å². The van der Waals surface area contributed by atoms with Crippen molar-refractivity contribution in [3.8, 4) is 16.9 Å². The summed E-state index contributed by atoms with van der Waals surface area (Å²) < 4.78 is 43.2. The van der Waals surface area contributed by atoms with Crippen LogP contribution in [0.4, 0.5) is 11.4 Å². The molecular weight excluding hydrogens is 540 g/mol. The molecule has 216 valence electrons.